The van der Waals surface area contributed by atoms with E-state index in [1.165, 1.54) is 0 Å². The van der Waals surface area contributed by atoms with Crippen LogP contribution in [0.1, 0.15) is 11.4 Å². The molecule has 5 heteroatoms. The van der Waals surface area contributed by atoms with E-state index in [0.717, 1.165) is 17.9 Å². The zero-order valence-electron chi connectivity index (χ0n) is 7.64. The van der Waals surface area contributed by atoms with Gasteiger partial charge in [0.15, 0.2) is 0 Å². The smallest absolute Gasteiger partial charge is 0.0769 e. The van der Waals surface area contributed by atoms with Crippen LogP contribution in [0, 0.1) is 0 Å². The van der Waals surface area contributed by atoms with Crippen LogP contribution in [-0.4, -0.2) is 20.4 Å². The number of hydrogen-bond donors (Lipinski definition) is 2. The van der Waals surface area contributed by atoms with Crippen LogP contribution >= 0.6 is 0 Å². The Morgan fingerprint density at radius 1 is 1.21 bits per heavy atom. The zero-order chi connectivity index (χ0) is 9.64. The minimum atomic E-state index is 0.715. The molecule has 2 aromatic rings. The summed E-state index contributed by atoms with van der Waals surface area (Å²) >= 11 is 0. The number of hydrogen-bond acceptors (Lipinski definition) is 4. The van der Waals surface area contributed by atoms with Crippen molar-refractivity contribution < 1.29 is 0 Å². The number of nitrogens with zero attached hydrogens (tertiary/aromatic N) is 3. The molecule has 2 aromatic heterocycles. The molecule has 0 aliphatic rings. The molecule has 0 atom stereocenters. The topological polar surface area (TPSA) is 66.5 Å². The van der Waals surface area contributed by atoms with Crippen LogP contribution in [0.15, 0.2) is 30.6 Å². The summed E-state index contributed by atoms with van der Waals surface area (Å²) in [6.07, 6.45) is 3.40. The monoisotopic (exact) mass is 189 g/mol. The van der Waals surface area contributed by atoms with E-state index in [-0.39, 0.29) is 0 Å². The number of aromatic amines is 1. The van der Waals surface area contributed by atoms with E-state index < -0.39 is 0 Å². The van der Waals surface area contributed by atoms with Crippen LogP contribution in [0.5, 0.6) is 0 Å². The quantitative estimate of drug-likeness (QED) is 0.734. The zero-order valence-corrected chi connectivity index (χ0v) is 7.64. The maximum Gasteiger partial charge on any atom is 0.0769 e. The summed E-state index contributed by atoms with van der Waals surface area (Å²) in [6, 6.07) is 5.75. The molecule has 0 radical (unpaired) electrons. The summed E-state index contributed by atoms with van der Waals surface area (Å²) in [6.45, 7) is 1.48. The molecule has 2 rings (SSSR count). The van der Waals surface area contributed by atoms with Crippen molar-refractivity contribution in [3.05, 3.63) is 42.0 Å². The second-order valence-corrected chi connectivity index (χ2v) is 2.90. The largest absolute Gasteiger partial charge is 0.305 e. The maximum atomic E-state index is 3.96. The molecular weight excluding hydrogens is 178 g/mol. The van der Waals surface area contributed by atoms with Gasteiger partial charge in [-0.2, -0.15) is 15.3 Å². The van der Waals surface area contributed by atoms with Crippen LogP contribution in [0.25, 0.3) is 0 Å². The van der Waals surface area contributed by atoms with E-state index in [2.05, 4.69) is 25.7 Å². The third kappa shape index (κ3) is 2.37. The van der Waals surface area contributed by atoms with Crippen molar-refractivity contribution >= 4 is 0 Å². The average Bonchev–Trinajstić information content (AvgIpc) is 2.72. The van der Waals surface area contributed by atoms with Gasteiger partial charge >= 0.3 is 0 Å². The third-order valence-corrected chi connectivity index (χ3v) is 1.81. The molecule has 0 unspecified atom stereocenters. The Morgan fingerprint density at radius 2 is 2.21 bits per heavy atom. The van der Waals surface area contributed by atoms with Crippen molar-refractivity contribution in [3.8, 4) is 0 Å². The average molecular weight is 189 g/mol. The van der Waals surface area contributed by atoms with Gasteiger partial charge in [0.05, 0.1) is 5.69 Å². The Bertz CT molecular complexity index is 356. The van der Waals surface area contributed by atoms with Crippen molar-refractivity contribution in [2.45, 2.75) is 13.1 Å². The van der Waals surface area contributed by atoms with Gasteiger partial charge in [-0.1, -0.05) is 0 Å². The van der Waals surface area contributed by atoms with Crippen molar-refractivity contribution in [1.29, 1.82) is 0 Å². The minimum Gasteiger partial charge on any atom is -0.305 e. The van der Waals surface area contributed by atoms with Gasteiger partial charge in [-0.25, -0.2) is 0 Å². The van der Waals surface area contributed by atoms with Crippen LogP contribution in [0.2, 0.25) is 0 Å². The fraction of sp³-hybridized carbons (Fsp3) is 0.222. The van der Waals surface area contributed by atoms with Crippen LogP contribution < -0.4 is 5.32 Å². The molecule has 0 saturated carbocycles. The van der Waals surface area contributed by atoms with Crippen LogP contribution in [0.4, 0.5) is 0 Å². The van der Waals surface area contributed by atoms with Gasteiger partial charge in [-0.3, -0.25) is 5.10 Å². The van der Waals surface area contributed by atoms with Crippen LogP contribution in [0.3, 0.4) is 0 Å². The minimum absolute atomic E-state index is 0.715. The van der Waals surface area contributed by atoms with E-state index in [4.69, 9.17) is 0 Å². The molecule has 0 fully saturated rings. The van der Waals surface area contributed by atoms with E-state index >= 15 is 0 Å². The van der Waals surface area contributed by atoms with E-state index in [1.807, 2.05) is 18.2 Å². The molecule has 0 bridgehead atoms. The van der Waals surface area contributed by atoms with Gasteiger partial charge < -0.3 is 5.32 Å². The van der Waals surface area contributed by atoms with Crippen molar-refractivity contribution in [2.75, 3.05) is 0 Å². The lowest BCUT2D eigenvalue weighted by atomic mass is 10.3. The lowest BCUT2D eigenvalue weighted by molar-refractivity contribution is 0.657. The number of rotatable bonds is 4. The summed E-state index contributed by atoms with van der Waals surface area (Å²) in [5.41, 5.74) is 2.00. The van der Waals surface area contributed by atoms with Gasteiger partial charge in [-0.15, -0.1) is 0 Å². The van der Waals surface area contributed by atoms with Crippen molar-refractivity contribution in [3.63, 3.8) is 0 Å². The Labute approximate surface area is 81.6 Å². The van der Waals surface area contributed by atoms with E-state index in [0.29, 0.717) is 6.54 Å². The molecule has 0 aliphatic heterocycles. The summed E-state index contributed by atoms with van der Waals surface area (Å²) in [5.74, 6) is 0. The lowest BCUT2D eigenvalue weighted by Gasteiger charge is -2.00. The van der Waals surface area contributed by atoms with Gasteiger partial charge in [0.2, 0.25) is 0 Å². The molecule has 0 spiro atoms. The Hall–Kier alpha value is -1.75. The predicted octanol–water partition coefficient (Wildman–Crippen LogP) is 0.489. The second-order valence-electron chi connectivity index (χ2n) is 2.90. The molecule has 2 N–H and O–H groups in total. The molecule has 0 amide bonds. The molecule has 2 heterocycles. The first-order chi connectivity index (χ1) is 6.95. The molecular formula is C9H11N5. The summed E-state index contributed by atoms with van der Waals surface area (Å²) in [5, 5.41) is 17.7. The Balaban J connectivity index is 1.79. The number of aromatic nitrogens is 4. The first-order valence-corrected chi connectivity index (χ1v) is 4.41. The second kappa shape index (κ2) is 4.48. The number of H-pyrrole nitrogens is 1. The Kier molecular flexibility index (Phi) is 2.82. The molecule has 0 saturated heterocycles. The molecule has 72 valence electrons. The van der Waals surface area contributed by atoms with Gasteiger partial charge in [-0.05, 0) is 18.2 Å². The summed E-state index contributed by atoms with van der Waals surface area (Å²) in [4.78, 5) is 0. The Morgan fingerprint density at radius 3 is 2.93 bits per heavy atom. The fourth-order valence-corrected chi connectivity index (χ4v) is 1.14. The predicted molar refractivity (Wildman–Crippen MR) is 51.2 cm³/mol. The standard InChI is InChI=1S/C9H11N5/c1-2-8(13-11-4-1)6-10-7-9-3-5-12-14-9/h1-5,10H,6-7H2,(H,12,14). The van der Waals surface area contributed by atoms with Crippen molar-refractivity contribution in [2.24, 2.45) is 0 Å². The van der Waals surface area contributed by atoms with E-state index in [9.17, 15) is 0 Å². The first kappa shape index (κ1) is 8.83. The summed E-state index contributed by atoms with van der Waals surface area (Å²) < 4.78 is 0. The molecule has 5 nitrogen and oxygen atoms in total. The highest BCUT2D eigenvalue weighted by Crippen LogP contribution is 1.93. The highest BCUT2D eigenvalue weighted by atomic mass is 15.1. The van der Waals surface area contributed by atoms with Gasteiger partial charge in [0.25, 0.3) is 0 Å². The van der Waals surface area contributed by atoms with E-state index in [1.54, 1.807) is 12.4 Å². The molecule has 0 aliphatic carbocycles. The third-order valence-electron chi connectivity index (χ3n) is 1.81. The fourth-order valence-electron chi connectivity index (χ4n) is 1.14. The lowest BCUT2D eigenvalue weighted by Crippen LogP contribution is -2.14. The normalized spacial score (nSPS) is 10.3. The van der Waals surface area contributed by atoms with Crippen molar-refractivity contribution in [1.82, 2.24) is 25.7 Å². The highest BCUT2D eigenvalue weighted by Gasteiger charge is 1.94. The summed E-state index contributed by atoms with van der Waals surface area (Å²) in [7, 11) is 0. The van der Waals surface area contributed by atoms with Gasteiger partial charge in [0, 0.05) is 31.2 Å². The number of nitrogens with one attached hydrogen (secondary N) is 2. The van der Waals surface area contributed by atoms with Crippen LogP contribution in [-0.2, 0) is 13.1 Å². The SMILES string of the molecule is c1cnnc(CNCc2ccn[nH]2)c1. The first-order valence-electron chi connectivity index (χ1n) is 4.41. The molecule has 14 heavy (non-hydrogen) atoms. The van der Waals surface area contributed by atoms with Gasteiger partial charge in [0.1, 0.15) is 0 Å². The maximum absolute atomic E-state index is 3.96. The highest BCUT2D eigenvalue weighted by molar-refractivity contribution is 5.00. The molecule has 0 aromatic carbocycles.